The van der Waals surface area contributed by atoms with E-state index >= 15 is 0 Å². The zero-order valence-corrected chi connectivity index (χ0v) is 10.9. The van der Waals surface area contributed by atoms with Crippen molar-refractivity contribution in [2.24, 2.45) is 5.73 Å². The molecule has 0 aromatic carbocycles. The molecular formula is C12H16N4O2. The van der Waals surface area contributed by atoms with Crippen LogP contribution in [0.1, 0.15) is 47.5 Å². The molecular weight excluding hydrogens is 232 g/mol. The lowest BCUT2D eigenvalue weighted by molar-refractivity contribution is 0.0995. The lowest BCUT2D eigenvalue weighted by Crippen LogP contribution is -2.15. The zero-order valence-electron chi connectivity index (χ0n) is 10.9. The summed E-state index contributed by atoms with van der Waals surface area (Å²) in [7, 11) is 0. The number of rotatable bonds is 3. The van der Waals surface area contributed by atoms with Crippen molar-refractivity contribution in [3.63, 3.8) is 0 Å². The van der Waals surface area contributed by atoms with Gasteiger partial charge in [-0.2, -0.15) is 5.10 Å². The van der Waals surface area contributed by atoms with E-state index in [1.807, 2.05) is 33.8 Å². The van der Waals surface area contributed by atoms with Crippen LogP contribution in [-0.2, 0) is 0 Å². The Bertz CT molecular complexity index is 595. The number of primary amides is 1. The average Bonchev–Trinajstić information content (AvgIpc) is 2.81. The third-order valence-electron chi connectivity index (χ3n) is 2.56. The summed E-state index contributed by atoms with van der Waals surface area (Å²) in [5.41, 5.74) is 7.14. The van der Waals surface area contributed by atoms with Crippen LogP contribution in [0, 0.1) is 13.8 Å². The quantitative estimate of drug-likeness (QED) is 0.895. The molecule has 2 aromatic rings. The van der Waals surface area contributed by atoms with Gasteiger partial charge in [-0.25, -0.2) is 9.67 Å². The molecule has 0 saturated heterocycles. The van der Waals surface area contributed by atoms with Crippen LogP contribution in [0.5, 0.6) is 0 Å². The summed E-state index contributed by atoms with van der Waals surface area (Å²) < 4.78 is 7.16. The summed E-state index contributed by atoms with van der Waals surface area (Å²) in [5, 5.41) is 4.27. The van der Waals surface area contributed by atoms with E-state index in [0.717, 1.165) is 11.4 Å². The second-order valence-corrected chi connectivity index (χ2v) is 4.56. The van der Waals surface area contributed by atoms with Crippen LogP contribution in [0.25, 0.3) is 5.88 Å². The van der Waals surface area contributed by atoms with E-state index in [4.69, 9.17) is 10.2 Å². The Balaban J connectivity index is 2.62. The van der Waals surface area contributed by atoms with E-state index in [9.17, 15) is 4.79 Å². The number of carbonyl (C=O) groups excluding carboxylic acids is 1. The van der Waals surface area contributed by atoms with Crippen LogP contribution in [-0.4, -0.2) is 20.7 Å². The Morgan fingerprint density at radius 1 is 1.44 bits per heavy atom. The van der Waals surface area contributed by atoms with Crippen LogP contribution >= 0.6 is 0 Å². The van der Waals surface area contributed by atoms with Gasteiger partial charge in [0.2, 0.25) is 0 Å². The van der Waals surface area contributed by atoms with Gasteiger partial charge in [0.1, 0.15) is 0 Å². The minimum absolute atomic E-state index is 0.0776. The highest BCUT2D eigenvalue weighted by atomic mass is 16.4. The highest BCUT2D eigenvalue weighted by Gasteiger charge is 2.22. The predicted molar refractivity (Wildman–Crippen MR) is 65.7 cm³/mol. The van der Waals surface area contributed by atoms with Crippen LogP contribution in [0.2, 0.25) is 0 Å². The smallest absolute Gasteiger partial charge is 0.273 e. The molecule has 2 aromatic heterocycles. The van der Waals surface area contributed by atoms with E-state index in [2.05, 4.69) is 10.1 Å². The van der Waals surface area contributed by atoms with Crippen LogP contribution in [0.15, 0.2) is 10.5 Å². The molecule has 96 valence electrons. The Labute approximate surface area is 105 Å². The van der Waals surface area contributed by atoms with Gasteiger partial charge < -0.3 is 10.2 Å². The van der Waals surface area contributed by atoms with Gasteiger partial charge in [0.15, 0.2) is 11.6 Å². The van der Waals surface area contributed by atoms with E-state index in [1.54, 1.807) is 4.68 Å². The number of carbonyl (C=O) groups is 1. The summed E-state index contributed by atoms with van der Waals surface area (Å²) in [5.74, 6) is 0.227. The first kappa shape index (κ1) is 12.3. The molecule has 0 aliphatic heterocycles. The van der Waals surface area contributed by atoms with Crippen LogP contribution < -0.4 is 5.73 Å². The molecule has 0 radical (unpaired) electrons. The average molecular weight is 248 g/mol. The molecule has 0 aliphatic carbocycles. The summed E-state index contributed by atoms with van der Waals surface area (Å²) in [4.78, 5) is 15.5. The van der Waals surface area contributed by atoms with Gasteiger partial charge in [0.05, 0.1) is 5.69 Å². The van der Waals surface area contributed by atoms with Crippen molar-refractivity contribution in [3.8, 4) is 5.88 Å². The third kappa shape index (κ3) is 2.01. The van der Waals surface area contributed by atoms with Crippen LogP contribution in [0.3, 0.4) is 0 Å². The Morgan fingerprint density at radius 3 is 2.56 bits per heavy atom. The number of aryl methyl sites for hydroxylation is 2. The Hall–Kier alpha value is -2.11. The van der Waals surface area contributed by atoms with Gasteiger partial charge >= 0.3 is 0 Å². The monoisotopic (exact) mass is 248 g/mol. The van der Waals surface area contributed by atoms with Crippen molar-refractivity contribution in [1.82, 2.24) is 14.8 Å². The maximum absolute atomic E-state index is 11.4. The van der Waals surface area contributed by atoms with Crippen LogP contribution in [0.4, 0.5) is 0 Å². The molecule has 18 heavy (non-hydrogen) atoms. The van der Waals surface area contributed by atoms with Gasteiger partial charge in [0, 0.05) is 11.6 Å². The fourth-order valence-corrected chi connectivity index (χ4v) is 1.71. The highest BCUT2D eigenvalue weighted by Crippen LogP contribution is 2.22. The first-order valence-electron chi connectivity index (χ1n) is 5.74. The summed E-state index contributed by atoms with van der Waals surface area (Å²) >= 11 is 0. The van der Waals surface area contributed by atoms with Crippen molar-refractivity contribution in [2.75, 3.05) is 0 Å². The molecule has 0 unspecified atom stereocenters. The predicted octanol–water partition coefficient (Wildman–Crippen LogP) is 1.70. The van der Waals surface area contributed by atoms with Crippen molar-refractivity contribution in [1.29, 1.82) is 0 Å². The fourth-order valence-electron chi connectivity index (χ4n) is 1.71. The lowest BCUT2D eigenvalue weighted by atomic mass is 10.2. The standard InChI is InChI=1S/C12H16N4O2/c1-6(2)11-14-9(10(13)17)12(18-11)16-8(4)5-7(3)15-16/h5-6H,1-4H3,(H2,13,17). The molecule has 2 rings (SSSR count). The summed E-state index contributed by atoms with van der Waals surface area (Å²) in [6.45, 7) is 7.61. The van der Waals surface area contributed by atoms with Gasteiger partial charge in [-0.15, -0.1) is 0 Å². The molecule has 0 spiro atoms. The molecule has 0 aliphatic rings. The van der Waals surface area contributed by atoms with E-state index < -0.39 is 5.91 Å². The Kier molecular flexibility index (Phi) is 2.94. The van der Waals surface area contributed by atoms with Gasteiger partial charge in [-0.3, -0.25) is 4.79 Å². The lowest BCUT2D eigenvalue weighted by Gasteiger charge is -2.00. The number of nitrogens with two attached hydrogens (primary N) is 1. The fraction of sp³-hybridized carbons (Fsp3) is 0.417. The molecule has 0 fully saturated rings. The largest absolute Gasteiger partial charge is 0.422 e. The Morgan fingerprint density at radius 2 is 2.11 bits per heavy atom. The number of aromatic nitrogens is 3. The molecule has 6 nitrogen and oxygen atoms in total. The molecule has 6 heteroatoms. The van der Waals surface area contributed by atoms with Crippen molar-refractivity contribution < 1.29 is 9.21 Å². The van der Waals surface area contributed by atoms with Crippen molar-refractivity contribution in [3.05, 3.63) is 29.0 Å². The van der Waals surface area contributed by atoms with E-state index in [1.165, 1.54) is 0 Å². The molecule has 0 atom stereocenters. The maximum Gasteiger partial charge on any atom is 0.273 e. The van der Waals surface area contributed by atoms with E-state index in [-0.39, 0.29) is 17.5 Å². The van der Waals surface area contributed by atoms with E-state index in [0.29, 0.717) is 5.89 Å². The molecule has 0 saturated carbocycles. The van der Waals surface area contributed by atoms with Crippen molar-refractivity contribution >= 4 is 5.91 Å². The molecule has 1 amide bonds. The minimum Gasteiger partial charge on any atom is -0.422 e. The number of amides is 1. The van der Waals surface area contributed by atoms with Gasteiger partial charge in [-0.1, -0.05) is 13.8 Å². The number of hydrogen-bond acceptors (Lipinski definition) is 4. The molecule has 2 N–H and O–H groups in total. The third-order valence-corrected chi connectivity index (χ3v) is 2.56. The minimum atomic E-state index is -0.617. The second-order valence-electron chi connectivity index (χ2n) is 4.56. The zero-order chi connectivity index (χ0) is 13.4. The SMILES string of the molecule is Cc1cc(C)n(-c2oc(C(C)C)nc2C(N)=O)n1. The molecule has 0 bridgehead atoms. The normalized spacial score (nSPS) is 11.2. The summed E-state index contributed by atoms with van der Waals surface area (Å²) in [6, 6.07) is 1.89. The summed E-state index contributed by atoms with van der Waals surface area (Å²) in [6.07, 6.45) is 0. The highest BCUT2D eigenvalue weighted by molar-refractivity contribution is 5.93. The number of oxazole rings is 1. The van der Waals surface area contributed by atoms with Crippen molar-refractivity contribution in [2.45, 2.75) is 33.6 Å². The first-order chi connectivity index (χ1) is 8.40. The molecule has 2 heterocycles. The topological polar surface area (TPSA) is 86.9 Å². The van der Waals surface area contributed by atoms with Gasteiger partial charge in [-0.05, 0) is 19.9 Å². The second kappa shape index (κ2) is 4.29. The number of nitrogens with zero attached hydrogens (tertiary/aromatic N) is 3. The van der Waals surface area contributed by atoms with Gasteiger partial charge in [0.25, 0.3) is 11.8 Å². The number of hydrogen-bond donors (Lipinski definition) is 1. The first-order valence-corrected chi connectivity index (χ1v) is 5.74. The maximum atomic E-state index is 11.4.